The first kappa shape index (κ1) is 20.5. The number of benzene rings is 1. The molecule has 0 aliphatic carbocycles. The summed E-state index contributed by atoms with van der Waals surface area (Å²) < 4.78 is 27.1. The number of amides is 1. The Labute approximate surface area is 169 Å². The second kappa shape index (κ2) is 8.40. The van der Waals surface area contributed by atoms with E-state index in [-0.39, 0.29) is 16.6 Å². The molecule has 7 nitrogen and oxygen atoms in total. The van der Waals surface area contributed by atoms with Gasteiger partial charge in [-0.15, -0.1) is 11.3 Å². The van der Waals surface area contributed by atoms with Gasteiger partial charge in [0.05, 0.1) is 10.6 Å². The number of unbranched alkanes of at least 4 members (excludes halogenated alkanes) is 1. The van der Waals surface area contributed by atoms with E-state index in [0.717, 1.165) is 29.8 Å². The van der Waals surface area contributed by atoms with Crippen LogP contribution in [0.4, 0.5) is 5.13 Å². The molecular weight excluding hydrogens is 396 g/mol. The van der Waals surface area contributed by atoms with Crippen molar-refractivity contribution >= 4 is 38.2 Å². The van der Waals surface area contributed by atoms with Crippen LogP contribution >= 0.6 is 11.3 Å². The van der Waals surface area contributed by atoms with Crippen molar-refractivity contribution in [2.24, 2.45) is 4.99 Å². The predicted octanol–water partition coefficient (Wildman–Crippen LogP) is 3.25. The fraction of sp³-hybridized carbons (Fsp3) is 0.421. The highest BCUT2D eigenvalue weighted by Gasteiger charge is 2.32. The third kappa shape index (κ3) is 4.25. The number of carbonyl (C=O) groups is 1. The molecule has 1 aliphatic rings. The van der Waals surface area contributed by atoms with Crippen molar-refractivity contribution in [1.82, 2.24) is 9.71 Å². The Balaban J connectivity index is 1.88. The zero-order valence-corrected chi connectivity index (χ0v) is 17.8. The van der Waals surface area contributed by atoms with Gasteiger partial charge < -0.3 is 5.32 Å². The monoisotopic (exact) mass is 420 g/mol. The van der Waals surface area contributed by atoms with Gasteiger partial charge in [0.25, 0.3) is 15.9 Å². The highest BCUT2D eigenvalue weighted by atomic mass is 32.2. The van der Waals surface area contributed by atoms with Crippen LogP contribution in [0.25, 0.3) is 0 Å². The summed E-state index contributed by atoms with van der Waals surface area (Å²) in [6, 6.07) is 5.95. The van der Waals surface area contributed by atoms with Crippen molar-refractivity contribution in [3.05, 3.63) is 40.4 Å². The van der Waals surface area contributed by atoms with E-state index in [1.807, 2.05) is 20.8 Å². The van der Waals surface area contributed by atoms with E-state index in [9.17, 15) is 13.2 Å². The van der Waals surface area contributed by atoms with E-state index >= 15 is 0 Å². The molecule has 1 aromatic heterocycles. The average molecular weight is 421 g/mol. The normalized spacial score (nSPS) is 17.2. The van der Waals surface area contributed by atoms with Gasteiger partial charge in [-0.3, -0.25) is 14.5 Å². The van der Waals surface area contributed by atoms with Gasteiger partial charge in [0.15, 0.2) is 5.13 Å². The van der Waals surface area contributed by atoms with Gasteiger partial charge in [-0.2, -0.15) is 0 Å². The second-order valence-corrected chi connectivity index (χ2v) is 9.46. The van der Waals surface area contributed by atoms with Crippen LogP contribution in [0, 0.1) is 6.92 Å². The molecule has 1 aromatic carbocycles. The zero-order valence-electron chi connectivity index (χ0n) is 16.2. The first-order valence-corrected chi connectivity index (χ1v) is 11.6. The fourth-order valence-electron chi connectivity index (χ4n) is 3.04. The van der Waals surface area contributed by atoms with Gasteiger partial charge in [-0.25, -0.2) is 13.4 Å². The lowest BCUT2D eigenvalue weighted by molar-refractivity contribution is -0.117. The average Bonchev–Trinajstić information content (AvgIpc) is 3.15. The highest BCUT2D eigenvalue weighted by molar-refractivity contribution is 7.90. The summed E-state index contributed by atoms with van der Waals surface area (Å²) in [4.78, 5) is 23.1. The number of rotatable bonds is 7. The molecule has 1 unspecified atom stereocenters. The molecule has 0 bridgehead atoms. The van der Waals surface area contributed by atoms with Crippen molar-refractivity contribution in [3.8, 4) is 0 Å². The maximum absolute atomic E-state index is 12.9. The number of carbonyl (C=O) groups excluding carboxylic acids is 1. The van der Waals surface area contributed by atoms with Crippen molar-refractivity contribution in [1.29, 1.82) is 0 Å². The van der Waals surface area contributed by atoms with Gasteiger partial charge in [-0.05, 0) is 31.9 Å². The second-order valence-electron chi connectivity index (χ2n) is 6.60. The molecule has 1 atom stereocenters. The minimum Gasteiger partial charge on any atom is -0.300 e. The van der Waals surface area contributed by atoms with E-state index in [1.54, 1.807) is 18.2 Å². The molecule has 0 saturated heterocycles. The minimum atomic E-state index is -3.63. The van der Waals surface area contributed by atoms with Crippen molar-refractivity contribution < 1.29 is 13.2 Å². The van der Waals surface area contributed by atoms with Crippen LogP contribution in [0.1, 0.15) is 49.2 Å². The SMILES string of the molecule is CCCCC(N=C1NS(=O)(=O)c2ccccc21)C(=O)Nc1nc(CC)c(C)s1. The van der Waals surface area contributed by atoms with Gasteiger partial charge in [-0.1, -0.05) is 38.8 Å². The molecule has 2 N–H and O–H groups in total. The molecule has 9 heteroatoms. The number of nitrogens with zero attached hydrogens (tertiary/aromatic N) is 2. The lowest BCUT2D eigenvalue weighted by Gasteiger charge is -2.12. The number of aromatic nitrogens is 1. The third-order valence-electron chi connectivity index (χ3n) is 4.54. The predicted molar refractivity (Wildman–Crippen MR) is 111 cm³/mol. The van der Waals surface area contributed by atoms with E-state index in [4.69, 9.17) is 0 Å². The van der Waals surface area contributed by atoms with Crippen LogP contribution in [-0.4, -0.2) is 31.2 Å². The maximum Gasteiger partial charge on any atom is 0.263 e. The number of anilines is 1. The van der Waals surface area contributed by atoms with Crippen molar-refractivity contribution in [2.75, 3.05) is 5.32 Å². The molecular formula is C19H24N4O3S2. The Hall–Kier alpha value is -2.26. The van der Waals surface area contributed by atoms with Gasteiger partial charge in [0.1, 0.15) is 11.9 Å². The molecule has 0 saturated carbocycles. The number of thiazole rings is 1. The van der Waals surface area contributed by atoms with Crippen LogP contribution in [0.3, 0.4) is 0 Å². The third-order valence-corrected chi connectivity index (χ3v) is 6.86. The fourth-order valence-corrected chi connectivity index (χ4v) is 5.18. The van der Waals surface area contributed by atoms with Crippen LogP contribution in [-0.2, 0) is 21.2 Å². The molecule has 1 amide bonds. The number of hydrogen-bond donors (Lipinski definition) is 2. The van der Waals surface area contributed by atoms with E-state index in [2.05, 4.69) is 20.0 Å². The van der Waals surface area contributed by atoms with Crippen LogP contribution < -0.4 is 10.0 Å². The largest absolute Gasteiger partial charge is 0.300 e. The van der Waals surface area contributed by atoms with Crippen LogP contribution in [0.5, 0.6) is 0 Å². The standard InChI is InChI=1S/C19H24N4O3S2/c1-4-6-10-15(18(24)22-19-21-14(5-2)12(3)27-19)20-17-13-9-7-8-11-16(13)28(25,26)23-17/h7-9,11,15H,4-6,10H2,1-3H3,(H,20,23)(H,21,22,24). The number of fused-ring (bicyclic) bond motifs is 1. The molecule has 0 fully saturated rings. The molecule has 3 rings (SSSR count). The number of aliphatic imine (C=N–C) groups is 1. The van der Waals surface area contributed by atoms with Crippen molar-refractivity contribution in [2.45, 2.75) is 57.4 Å². The molecule has 0 radical (unpaired) electrons. The van der Waals surface area contributed by atoms with Gasteiger partial charge >= 0.3 is 0 Å². The van der Waals surface area contributed by atoms with E-state index in [0.29, 0.717) is 17.1 Å². The highest BCUT2D eigenvalue weighted by Crippen LogP contribution is 2.25. The first-order chi connectivity index (χ1) is 13.4. The molecule has 2 aromatic rings. The van der Waals surface area contributed by atoms with E-state index < -0.39 is 16.1 Å². The molecule has 2 heterocycles. The molecule has 1 aliphatic heterocycles. The number of hydrogen-bond acceptors (Lipinski definition) is 6. The van der Waals surface area contributed by atoms with Crippen LogP contribution in [0.15, 0.2) is 34.2 Å². The lowest BCUT2D eigenvalue weighted by atomic mass is 10.1. The van der Waals surface area contributed by atoms with Gasteiger partial charge in [0.2, 0.25) is 0 Å². The summed E-state index contributed by atoms with van der Waals surface area (Å²) in [5.41, 5.74) is 1.46. The number of nitrogens with one attached hydrogen (secondary N) is 2. The maximum atomic E-state index is 12.9. The Morgan fingerprint density at radius 2 is 2.07 bits per heavy atom. The number of amidine groups is 1. The Morgan fingerprint density at radius 3 is 2.75 bits per heavy atom. The van der Waals surface area contributed by atoms with E-state index in [1.165, 1.54) is 17.4 Å². The van der Waals surface area contributed by atoms with Crippen molar-refractivity contribution in [3.63, 3.8) is 0 Å². The lowest BCUT2D eigenvalue weighted by Crippen LogP contribution is -2.30. The topological polar surface area (TPSA) is 101 Å². The van der Waals surface area contributed by atoms with Crippen LogP contribution in [0.2, 0.25) is 0 Å². The molecule has 0 spiro atoms. The Morgan fingerprint density at radius 1 is 1.32 bits per heavy atom. The minimum absolute atomic E-state index is 0.187. The number of sulfonamides is 1. The number of aryl methyl sites for hydroxylation is 2. The summed E-state index contributed by atoms with van der Waals surface area (Å²) in [5, 5.41) is 3.40. The smallest absolute Gasteiger partial charge is 0.263 e. The Bertz CT molecular complexity index is 1010. The molecule has 28 heavy (non-hydrogen) atoms. The summed E-state index contributed by atoms with van der Waals surface area (Å²) in [5.74, 6) is -0.0580. The molecule has 150 valence electrons. The Kier molecular flexibility index (Phi) is 6.14. The zero-order chi connectivity index (χ0) is 20.3. The summed E-state index contributed by atoms with van der Waals surface area (Å²) in [6.07, 6.45) is 3.05. The summed E-state index contributed by atoms with van der Waals surface area (Å²) in [7, 11) is -3.63. The first-order valence-electron chi connectivity index (χ1n) is 9.33. The quantitative estimate of drug-likeness (QED) is 0.718. The van der Waals surface area contributed by atoms with Gasteiger partial charge in [0, 0.05) is 10.4 Å². The summed E-state index contributed by atoms with van der Waals surface area (Å²) in [6.45, 7) is 6.03. The summed E-state index contributed by atoms with van der Waals surface area (Å²) >= 11 is 1.44.